The molecule has 0 aliphatic carbocycles. The Morgan fingerprint density at radius 1 is 1.00 bits per heavy atom. The summed E-state index contributed by atoms with van der Waals surface area (Å²) in [6.07, 6.45) is 1.07. The highest BCUT2D eigenvalue weighted by atomic mass is 16.5. The van der Waals surface area contributed by atoms with Gasteiger partial charge in [-0.3, -0.25) is 0 Å². The predicted octanol–water partition coefficient (Wildman–Crippen LogP) is 1.68. The molecule has 0 heterocycles. The standard InChI is InChI=1S/C11H25NO2/c1-11(2,3)10-14-9-8-13-7-5-6-12-4/h12H,5-10H2,1-4H3. The van der Waals surface area contributed by atoms with Crippen LogP contribution in [0.3, 0.4) is 0 Å². The van der Waals surface area contributed by atoms with Gasteiger partial charge in [-0.15, -0.1) is 0 Å². The molecule has 0 aliphatic heterocycles. The SMILES string of the molecule is CNCCCOCCOCC(C)(C)C. The summed E-state index contributed by atoms with van der Waals surface area (Å²) in [7, 11) is 1.95. The molecule has 0 aliphatic rings. The summed E-state index contributed by atoms with van der Waals surface area (Å²) in [5.74, 6) is 0. The second kappa shape index (κ2) is 8.21. The zero-order chi connectivity index (χ0) is 10.9. The molecular formula is C11H25NO2. The second-order valence-corrected chi connectivity index (χ2v) is 4.68. The van der Waals surface area contributed by atoms with Gasteiger partial charge in [-0.1, -0.05) is 20.8 Å². The van der Waals surface area contributed by atoms with E-state index < -0.39 is 0 Å². The molecule has 3 nitrogen and oxygen atoms in total. The van der Waals surface area contributed by atoms with Crippen molar-refractivity contribution in [2.45, 2.75) is 27.2 Å². The van der Waals surface area contributed by atoms with Gasteiger partial charge < -0.3 is 14.8 Å². The van der Waals surface area contributed by atoms with Crippen molar-refractivity contribution >= 4 is 0 Å². The van der Waals surface area contributed by atoms with E-state index in [-0.39, 0.29) is 5.41 Å². The van der Waals surface area contributed by atoms with Crippen LogP contribution in [-0.4, -0.2) is 40.0 Å². The van der Waals surface area contributed by atoms with Crippen molar-refractivity contribution in [1.29, 1.82) is 0 Å². The van der Waals surface area contributed by atoms with Gasteiger partial charge in [0.1, 0.15) is 0 Å². The molecule has 3 heteroatoms. The van der Waals surface area contributed by atoms with E-state index in [1.54, 1.807) is 0 Å². The lowest BCUT2D eigenvalue weighted by Crippen LogP contribution is -2.17. The van der Waals surface area contributed by atoms with Crippen LogP contribution in [0.4, 0.5) is 0 Å². The third-order valence-corrected chi connectivity index (χ3v) is 1.62. The topological polar surface area (TPSA) is 30.5 Å². The molecule has 0 aromatic rings. The smallest absolute Gasteiger partial charge is 0.0700 e. The summed E-state index contributed by atoms with van der Waals surface area (Å²) >= 11 is 0. The Labute approximate surface area is 88.2 Å². The lowest BCUT2D eigenvalue weighted by atomic mass is 9.99. The Morgan fingerprint density at radius 2 is 1.64 bits per heavy atom. The minimum atomic E-state index is 0.256. The van der Waals surface area contributed by atoms with Gasteiger partial charge in [0, 0.05) is 6.61 Å². The van der Waals surface area contributed by atoms with E-state index in [1.807, 2.05) is 7.05 Å². The van der Waals surface area contributed by atoms with E-state index in [1.165, 1.54) is 0 Å². The first kappa shape index (κ1) is 13.9. The Balaban J connectivity index is 2.99. The lowest BCUT2D eigenvalue weighted by molar-refractivity contribution is 0.0190. The quantitative estimate of drug-likeness (QED) is 0.609. The fourth-order valence-corrected chi connectivity index (χ4v) is 0.949. The number of nitrogens with one attached hydrogen (secondary N) is 1. The van der Waals surface area contributed by atoms with Crippen LogP contribution < -0.4 is 5.32 Å². The van der Waals surface area contributed by atoms with Crippen molar-refractivity contribution in [1.82, 2.24) is 5.32 Å². The van der Waals surface area contributed by atoms with Crippen LogP contribution in [0.15, 0.2) is 0 Å². The molecule has 86 valence electrons. The Kier molecular flexibility index (Phi) is 8.14. The zero-order valence-electron chi connectivity index (χ0n) is 10.1. The fraction of sp³-hybridized carbons (Fsp3) is 1.00. The molecule has 0 saturated carbocycles. The van der Waals surface area contributed by atoms with Gasteiger partial charge in [-0.2, -0.15) is 0 Å². The van der Waals surface area contributed by atoms with Crippen LogP contribution >= 0.6 is 0 Å². The molecule has 0 aromatic carbocycles. The maximum absolute atomic E-state index is 5.46. The van der Waals surface area contributed by atoms with Crippen LogP contribution in [0.25, 0.3) is 0 Å². The summed E-state index contributed by atoms with van der Waals surface area (Å²) in [6, 6.07) is 0. The summed E-state index contributed by atoms with van der Waals surface area (Å²) in [4.78, 5) is 0. The van der Waals surface area contributed by atoms with E-state index in [0.29, 0.717) is 13.2 Å². The van der Waals surface area contributed by atoms with E-state index >= 15 is 0 Å². The molecule has 1 N–H and O–H groups in total. The normalized spacial score (nSPS) is 12.0. The number of rotatable bonds is 8. The summed E-state index contributed by atoms with van der Waals surface area (Å²) < 4.78 is 10.8. The zero-order valence-corrected chi connectivity index (χ0v) is 10.1. The highest BCUT2D eigenvalue weighted by Gasteiger charge is 2.09. The first-order valence-electron chi connectivity index (χ1n) is 5.36. The van der Waals surface area contributed by atoms with Gasteiger partial charge in [-0.25, -0.2) is 0 Å². The fourth-order valence-electron chi connectivity index (χ4n) is 0.949. The van der Waals surface area contributed by atoms with E-state index in [2.05, 4.69) is 26.1 Å². The Hall–Kier alpha value is -0.120. The van der Waals surface area contributed by atoms with Crippen LogP contribution in [-0.2, 0) is 9.47 Å². The average molecular weight is 203 g/mol. The van der Waals surface area contributed by atoms with Gasteiger partial charge in [0.2, 0.25) is 0 Å². The number of hydrogen-bond donors (Lipinski definition) is 1. The highest BCUT2D eigenvalue weighted by Crippen LogP contribution is 2.12. The summed E-state index contributed by atoms with van der Waals surface area (Å²) in [6.45, 7) is 10.5. The van der Waals surface area contributed by atoms with E-state index in [9.17, 15) is 0 Å². The molecule has 0 saturated heterocycles. The van der Waals surface area contributed by atoms with Crippen molar-refractivity contribution < 1.29 is 9.47 Å². The van der Waals surface area contributed by atoms with Crippen molar-refractivity contribution in [3.63, 3.8) is 0 Å². The molecule has 14 heavy (non-hydrogen) atoms. The maximum atomic E-state index is 5.46. The second-order valence-electron chi connectivity index (χ2n) is 4.68. The lowest BCUT2D eigenvalue weighted by Gasteiger charge is -2.17. The number of ether oxygens (including phenoxy) is 2. The summed E-state index contributed by atoms with van der Waals surface area (Å²) in [5.41, 5.74) is 0.256. The third kappa shape index (κ3) is 11.9. The van der Waals surface area contributed by atoms with Gasteiger partial charge in [0.05, 0.1) is 19.8 Å². The third-order valence-electron chi connectivity index (χ3n) is 1.62. The molecule has 0 fully saturated rings. The highest BCUT2D eigenvalue weighted by molar-refractivity contribution is 4.58. The molecular weight excluding hydrogens is 178 g/mol. The van der Waals surface area contributed by atoms with Crippen LogP contribution in [0.2, 0.25) is 0 Å². The van der Waals surface area contributed by atoms with Crippen LogP contribution in [0, 0.1) is 5.41 Å². The van der Waals surface area contributed by atoms with Gasteiger partial charge in [-0.05, 0) is 25.4 Å². The molecule has 0 rings (SSSR count). The molecule has 0 atom stereocenters. The van der Waals surface area contributed by atoms with Crippen LogP contribution in [0.5, 0.6) is 0 Å². The number of hydrogen-bond acceptors (Lipinski definition) is 3. The van der Waals surface area contributed by atoms with Crippen molar-refractivity contribution in [2.75, 3.05) is 40.0 Å². The molecule has 0 aromatic heterocycles. The summed E-state index contributed by atoms with van der Waals surface area (Å²) in [5, 5.41) is 3.08. The van der Waals surface area contributed by atoms with Crippen molar-refractivity contribution in [3.8, 4) is 0 Å². The van der Waals surface area contributed by atoms with Gasteiger partial charge in [0.15, 0.2) is 0 Å². The Bertz CT molecular complexity index is 121. The minimum Gasteiger partial charge on any atom is -0.379 e. The largest absolute Gasteiger partial charge is 0.379 e. The van der Waals surface area contributed by atoms with Crippen molar-refractivity contribution in [2.24, 2.45) is 5.41 Å². The predicted molar refractivity (Wildman–Crippen MR) is 59.6 cm³/mol. The van der Waals surface area contributed by atoms with E-state index in [4.69, 9.17) is 9.47 Å². The van der Waals surface area contributed by atoms with Crippen LogP contribution in [0.1, 0.15) is 27.2 Å². The van der Waals surface area contributed by atoms with Crippen molar-refractivity contribution in [3.05, 3.63) is 0 Å². The molecule has 0 spiro atoms. The van der Waals surface area contributed by atoms with Gasteiger partial charge in [0.25, 0.3) is 0 Å². The molecule has 0 radical (unpaired) electrons. The monoisotopic (exact) mass is 203 g/mol. The molecule has 0 unspecified atom stereocenters. The average Bonchev–Trinajstić information content (AvgIpc) is 2.08. The first-order chi connectivity index (χ1) is 6.56. The van der Waals surface area contributed by atoms with E-state index in [0.717, 1.165) is 26.2 Å². The minimum absolute atomic E-state index is 0.256. The molecule has 0 amide bonds. The maximum Gasteiger partial charge on any atom is 0.0700 e. The van der Waals surface area contributed by atoms with Gasteiger partial charge >= 0.3 is 0 Å². The Morgan fingerprint density at radius 3 is 2.21 bits per heavy atom. The first-order valence-corrected chi connectivity index (χ1v) is 5.36. The molecule has 0 bridgehead atoms.